The molecule has 0 spiro atoms. The highest BCUT2D eigenvalue weighted by Gasteiger charge is 2.24. The van der Waals surface area contributed by atoms with Crippen molar-refractivity contribution in [3.05, 3.63) is 70.6 Å². The molecule has 3 rings (SSSR count). The maximum Gasteiger partial charge on any atom is 0.256 e. The van der Waals surface area contributed by atoms with Crippen LogP contribution >= 0.6 is 0 Å². The minimum Gasteiger partial charge on any atom is -0.366 e. The van der Waals surface area contributed by atoms with Crippen LogP contribution in [0.1, 0.15) is 34.0 Å². The number of sulfonamides is 1. The van der Waals surface area contributed by atoms with Gasteiger partial charge in [-0.1, -0.05) is 30.9 Å². The molecule has 0 saturated carbocycles. The standard InChI is InChI=1S/C21H22N2O3S/c1-5-27(25,26)23(4)19-8-6-7-15(14(19)3)16-11-12-18(21(22)24)17-10-9-13(2)20(16)17/h5-9,11-12H,1,10H2,2-4H3,(H2,22,24). The van der Waals surface area contributed by atoms with Crippen molar-refractivity contribution in [3.63, 3.8) is 0 Å². The van der Waals surface area contributed by atoms with E-state index in [0.29, 0.717) is 17.7 Å². The lowest BCUT2D eigenvalue weighted by atomic mass is 9.89. The molecule has 0 atom stereocenters. The predicted octanol–water partition coefficient (Wildman–Crippen LogP) is 3.63. The molecular weight excluding hydrogens is 360 g/mol. The van der Waals surface area contributed by atoms with Crippen LogP contribution in [-0.4, -0.2) is 21.4 Å². The van der Waals surface area contributed by atoms with Gasteiger partial charge in [-0.15, -0.1) is 0 Å². The Morgan fingerprint density at radius 3 is 2.52 bits per heavy atom. The third kappa shape index (κ3) is 3.06. The topological polar surface area (TPSA) is 80.5 Å². The van der Waals surface area contributed by atoms with Crippen molar-refractivity contribution >= 4 is 27.2 Å². The normalized spacial score (nSPS) is 13.1. The number of benzene rings is 2. The second-order valence-corrected chi connectivity index (χ2v) is 8.51. The summed E-state index contributed by atoms with van der Waals surface area (Å²) in [5.74, 6) is -0.441. The molecule has 1 aliphatic rings. The van der Waals surface area contributed by atoms with E-state index in [1.807, 2.05) is 32.0 Å². The van der Waals surface area contributed by atoms with E-state index in [-0.39, 0.29) is 0 Å². The lowest BCUT2D eigenvalue weighted by Gasteiger charge is -2.22. The van der Waals surface area contributed by atoms with E-state index in [1.54, 1.807) is 12.1 Å². The molecule has 2 aromatic carbocycles. The van der Waals surface area contributed by atoms with Gasteiger partial charge in [0.1, 0.15) is 0 Å². The fourth-order valence-electron chi connectivity index (χ4n) is 3.63. The highest BCUT2D eigenvalue weighted by molar-refractivity contribution is 7.95. The third-order valence-corrected chi connectivity index (χ3v) is 6.49. The summed E-state index contributed by atoms with van der Waals surface area (Å²) >= 11 is 0. The summed E-state index contributed by atoms with van der Waals surface area (Å²) in [6.07, 6.45) is 2.74. The molecule has 2 aromatic rings. The first kappa shape index (κ1) is 18.9. The number of fused-ring (bicyclic) bond motifs is 1. The summed E-state index contributed by atoms with van der Waals surface area (Å²) < 4.78 is 25.6. The molecule has 27 heavy (non-hydrogen) atoms. The van der Waals surface area contributed by atoms with Gasteiger partial charge in [0.15, 0.2) is 0 Å². The van der Waals surface area contributed by atoms with Crippen LogP contribution < -0.4 is 10.0 Å². The van der Waals surface area contributed by atoms with Gasteiger partial charge >= 0.3 is 0 Å². The average Bonchev–Trinajstić information content (AvgIpc) is 3.02. The summed E-state index contributed by atoms with van der Waals surface area (Å²) in [5.41, 5.74) is 12.4. The molecular formula is C21H22N2O3S. The molecule has 0 unspecified atom stereocenters. The minimum absolute atomic E-state index is 0.441. The van der Waals surface area contributed by atoms with Crippen molar-refractivity contribution in [1.29, 1.82) is 0 Å². The van der Waals surface area contributed by atoms with E-state index >= 15 is 0 Å². The molecule has 140 valence electrons. The first-order chi connectivity index (χ1) is 12.7. The fourth-order valence-corrected chi connectivity index (χ4v) is 4.32. The maximum atomic E-state index is 12.2. The average molecular weight is 382 g/mol. The number of nitrogens with two attached hydrogens (primary N) is 1. The van der Waals surface area contributed by atoms with E-state index in [2.05, 4.69) is 12.7 Å². The van der Waals surface area contributed by atoms with E-state index in [9.17, 15) is 13.2 Å². The molecule has 0 aliphatic heterocycles. The Bertz CT molecular complexity index is 1100. The number of anilines is 1. The quantitative estimate of drug-likeness (QED) is 0.857. The predicted molar refractivity (Wildman–Crippen MR) is 110 cm³/mol. The SMILES string of the molecule is C=CS(=O)(=O)N(C)c1cccc(-c2ccc(C(N)=O)c3c2C(C)=CC3)c1C. The van der Waals surface area contributed by atoms with Crippen LogP contribution in [0, 0.1) is 6.92 Å². The van der Waals surface area contributed by atoms with Gasteiger partial charge < -0.3 is 5.73 Å². The zero-order chi connectivity index (χ0) is 19.9. The summed E-state index contributed by atoms with van der Waals surface area (Å²) in [5, 5.41) is 0.936. The van der Waals surface area contributed by atoms with Gasteiger partial charge in [0, 0.05) is 18.0 Å². The van der Waals surface area contributed by atoms with E-state index in [4.69, 9.17) is 5.73 Å². The molecule has 1 aliphatic carbocycles. The van der Waals surface area contributed by atoms with Gasteiger partial charge in [0.2, 0.25) is 5.91 Å². The van der Waals surface area contributed by atoms with Crippen LogP contribution in [0.15, 0.2) is 48.4 Å². The van der Waals surface area contributed by atoms with Crippen molar-refractivity contribution in [2.24, 2.45) is 5.73 Å². The summed E-state index contributed by atoms with van der Waals surface area (Å²) in [6.45, 7) is 7.29. The monoisotopic (exact) mass is 382 g/mol. The van der Waals surface area contributed by atoms with Crippen LogP contribution in [0.4, 0.5) is 5.69 Å². The molecule has 0 bridgehead atoms. The van der Waals surface area contributed by atoms with Crippen LogP contribution in [0.25, 0.3) is 16.7 Å². The van der Waals surface area contributed by atoms with Crippen molar-refractivity contribution in [2.45, 2.75) is 20.3 Å². The molecule has 5 nitrogen and oxygen atoms in total. The smallest absolute Gasteiger partial charge is 0.256 e. The lowest BCUT2D eigenvalue weighted by Crippen LogP contribution is -2.24. The van der Waals surface area contributed by atoms with Crippen molar-refractivity contribution in [3.8, 4) is 11.1 Å². The Balaban J connectivity index is 2.24. The second-order valence-electron chi connectivity index (χ2n) is 6.60. The first-order valence-corrected chi connectivity index (χ1v) is 10.0. The Morgan fingerprint density at radius 2 is 1.89 bits per heavy atom. The number of hydrogen-bond donors (Lipinski definition) is 1. The molecule has 2 N–H and O–H groups in total. The fraction of sp³-hybridized carbons (Fsp3) is 0.190. The minimum atomic E-state index is -3.59. The Labute approximate surface area is 159 Å². The van der Waals surface area contributed by atoms with Crippen molar-refractivity contribution < 1.29 is 13.2 Å². The van der Waals surface area contributed by atoms with E-state index in [1.165, 1.54) is 11.4 Å². The number of carbonyl (C=O) groups excluding carboxylic acids is 1. The maximum absolute atomic E-state index is 12.2. The molecule has 0 aromatic heterocycles. The number of carbonyl (C=O) groups is 1. The highest BCUT2D eigenvalue weighted by atomic mass is 32.2. The van der Waals surface area contributed by atoms with Crippen molar-refractivity contribution in [1.82, 2.24) is 0 Å². The van der Waals surface area contributed by atoms with Gasteiger partial charge in [0.25, 0.3) is 10.0 Å². The summed E-state index contributed by atoms with van der Waals surface area (Å²) in [4.78, 5) is 11.8. The number of amides is 1. The zero-order valence-electron chi connectivity index (χ0n) is 15.6. The molecule has 6 heteroatoms. The summed E-state index contributed by atoms with van der Waals surface area (Å²) in [7, 11) is -2.08. The molecule has 0 saturated heterocycles. The van der Waals surface area contributed by atoms with Gasteiger partial charge in [-0.05, 0) is 65.8 Å². The highest BCUT2D eigenvalue weighted by Crippen LogP contribution is 2.40. The first-order valence-electron chi connectivity index (χ1n) is 8.53. The molecule has 0 heterocycles. The zero-order valence-corrected chi connectivity index (χ0v) is 16.4. The number of hydrogen-bond acceptors (Lipinski definition) is 3. The van der Waals surface area contributed by atoms with Crippen LogP contribution in [0.3, 0.4) is 0 Å². The Morgan fingerprint density at radius 1 is 1.19 bits per heavy atom. The molecule has 1 amide bonds. The Hall–Kier alpha value is -2.86. The van der Waals surface area contributed by atoms with E-state index in [0.717, 1.165) is 38.8 Å². The third-order valence-electron chi connectivity index (χ3n) is 5.11. The number of allylic oxidation sites excluding steroid dienone is 2. The van der Waals surface area contributed by atoms with Crippen LogP contribution in [-0.2, 0) is 16.4 Å². The largest absolute Gasteiger partial charge is 0.366 e. The van der Waals surface area contributed by atoms with Crippen molar-refractivity contribution in [2.75, 3.05) is 11.4 Å². The molecule has 0 radical (unpaired) electrons. The number of primary amides is 1. The van der Waals surface area contributed by atoms with Gasteiger partial charge in [-0.25, -0.2) is 8.42 Å². The van der Waals surface area contributed by atoms with Gasteiger partial charge in [-0.3, -0.25) is 9.10 Å². The lowest BCUT2D eigenvalue weighted by molar-refractivity contribution is 0.0999. The number of nitrogens with zero attached hydrogens (tertiary/aromatic N) is 1. The van der Waals surface area contributed by atoms with Crippen LogP contribution in [0.2, 0.25) is 0 Å². The summed E-state index contributed by atoms with van der Waals surface area (Å²) in [6, 6.07) is 9.18. The second kappa shape index (κ2) is 6.70. The van der Waals surface area contributed by atoms with E-state index < -0.39 is 15.9 Å². The molecule has 0 fully saturated rings. The van der Waals surface area contributed by atoms with Gasteiger partial charge in [-0.2, -0.15) is 0 Å². The van der Waals surface area contributed by atoms with Crippen LogP contribution in [0.5, 0.6) is 0 Å². The number of rotatable bonds is 5. The Kier molecular flexibility index (Phi) is 4.70. The van der Waals surface area contributed by atoms with Gasteiger partial charge in [0.05, 0.1) is 5.69 Å².